The molecule has 2 atom stereocenters. The number of aromatic carboxylic acids is 1. The van der Waals surface area contributed by atoms with Crippen molar-refractivity contribution >= 4 is 28.9 Å². The first-order chi connectivity index (χ1) is 21.5. The van der Waals surface area contributed by atoms with E-state index in [4.69, 9.17) is 14.2 Å². The number of alkyl halides is 3. The van der Waals surface area contributed by atoms with E-state index in [1.54, 1.807) is 4.90 Å². The van der Waals surface area contributed by atoms with Crippen molar-refractivity contribution in [3.63, 3.8) is 0 Å². The van der Waals surface area contributed by atoms with Crippen LogP contribution in [0, 0.1) is 35.0 Å². The molecule has 6 rings (SSSR count). The monoisotopic (exact) mass is 653 g/mol. The largest absolute Gasteiger partial charge is 0.477 e. The van der Waals surface area contributed by atoms with Crippen molar-refractivity contribution in [2.75, 3.05) is 31.3 Å². The van der Waals surface area contributed by atoms with Crippen LogP contribution in [-0.2, 0) is 19.0 Å². The average Bonchev–Trinajstić information content (AvgIpc) is 3.32. The molecule has 0 aromatic carbocycles. The number of hydrogen-bond acceptors (Lipinski definition) is 6. The van der Waals surface area contributed by atoms with Crippen LogP contribution in [0.1, 0.15) is 105 Å². The number of carbonyl (C=O) groups excluding carboxylic acids is 1. The van der Waals surface area contributed by atoms with Crippen LogP contribution in [0.5, 0.6) is 0 Å². The normalized spacial score (nSPS) is 30.9. The van der Waals surface area contributed by atoms with Gasteiger partial charge in [-0.3, -0.25) is 4.79 Å². The molecule has 1 unspecified atom stereocenters. The summed E-state index contributed by atoms with van der Waals surface area (Å²) in [5, 5.41) is 10.0. The third-order valence-electron chi connectivity index (χ3n) is 9.93. The fraction of sp³-hybridized carbons (Fsp3) is 0.765. The molecule has 0 spiro atoms. The number of anilines is 1. The predicted octanol–water partition coefficient (Wildman–Crippen LogP) is 7.46. The van der Waals surface area contributed by atoms with Gasteiger partial charge in [0.1, 0.15) is 10.3 Å². The summed E-state index contributed by atoms with van der Waals surface area (Å²) in [5.41, 5.74) is -1.73. The van der Waals surface area contributed by atoms with Crippen LogP contribution in [0.3, 0.4) is 0 Å². The van der Waals surface area contributed by atoms with Crippen LogP contribution in [0.4, 0.5) is 18.9 Å². The lowest BCUT2D eigenvalue weighted by molar-refractivity contribution is -0.168. The van der Waals surface area contributed by atoms with E-state index in [-0.39, 0.29) is 58.4 Å². The zero-order chi connectivity index (χ0) is 32.2. The molecule has 45 heavy (non-hydrogen) atoms. The smallest absolute Gasteiger partial charge is 0.405 e. The average molecular weight is 654 g/mol. The van der Waals surface area contributed by atoms with Crippen molar-refractivity contribution in [2.24, 2.45) is 23.2 Å². The minimum atomic E-state index is -4.42. The second-order valence-corrected chi connectivity index (χ2v) is 14.7. The number of amides is 1. The van der Waals surface area contributed by atoms with Crippen molar-refractivity contribution < 1.29 is 42.1 Å². The van der Waals surface area contributed by atoms with Gasteiger partial charge >= 0.3 is 12.1 Å². The Morgan fingerprint density at radius 3 is 2.11 bits per heavy atom. The number of halogens is 3. The summed E-state index contributed by atoms with van der Waals surface area (Å²) in [6, 6.07) is 1.32. The molecule has 3 saturated carbocycles. The summed E-state index contributed by atoms with van der Waals surface area (Å²) in [5.74, 6) is 4.89. The molecule has 2 aliphatic heterocycles. The van der Waals surface area contributed by atoms with E-state index < -0.39 is 17.6 Å². The quantitative estimate of drug-likeness (QED) is 0.321. The molecule has 1 aromatic heterocycles. The first kappa shape index (κ1) is 34.2. The van der Waals surface area contributed by atoms with Crippen molar-refractivity contribution in [3.05, 3.63) is 15.8 Å². The highest BCUT2D eigenvalue weighted by Crippen LogP contribution is 2.57. The van der Waals surface area contributed by atoms with E-state index in [2.05, 4.69) is 25.7 Å². The molecule has 0 bridgehead atoms. The Bertz CT molecular complexity index is 1220. The predicted molar refractivity (Wildman–Crippen MR) is 165 cm³/mol. The minimum Gasteiger partial charge on any atom is -0.477 e. The highest BCUT2D eigenvalue weighted by Gasteiger charge is 2.62. The van der Waals surface area contributed by atoms with Gasteiger partial charge in [-0.05, 0) is 95.0 Å². The van der Waals surface area contributed by atoms with E-state index in [0.29, 0.717) is 32.0 Å². The van der Waals surface area contributed by atoms with Gasteiger partial charge in [0.25, 0.3) is 0 Å². The lowest BCUT2D eigenvalue weighted by atomic mass is 9.81. The Labute approximate surface area is 268 Å². The molecule has 1 aromatic rings. The van der Waals surface area contributed by atoms with Crippen molar-refractivity contribution in [3.8, 4) is 11.8 Å². The van der Waals surface area contributed by atoms with E-state index in [1.165, 1.54) is 12.5 Å². The van der Waals surface area contributed by atoms with Crippen LogP contribution >= 0.6 is 11.3 Å². The summed E-state index contributed by atoms with van der Waals surface area (Å²) in [7, 11) is 0. The molecule has 5 aliphatic rings. The van der Waals surface area contributed by atoms with Gasteiger partial charge in [-0.25, -0.2) is 4.79 Å². The number of hydrogen-bond donors (Lipinski definition) is 1. The topological polar surface area (TPSA) is 85.3 Å². The second-order valence-electron chi connectivity index (χ2n) is 13.6. The van der Waals surface area contributed by atoms with E-state index >= 15 is 0 Å². The SMILES string of the molecule is CC1CCC(C(=O)N(c2cc(C#CC3(C(F)(F)F)CC3)sc2C(=O)O)C2CCC(OC3CCOC3)CC2)CC1.C[C@H]1CCOC1. The van der Waals surface area contributed by atoms with Gasteiger partial charge in [0, 0.05) is 31.8 Å². The summed E-state index contributed by atoms with van der Waals surface area (Å²) in [6.45, 7) is 7.66. The first-order valence-corrected chi connectivity index (χ1v) is 17.4. The lowest BCUT2D eigenvalue weighted by Gasteiger charge is -2.39. The Balaban J connectivity index is 0.000000598. The fourth-order valence-electron chi connectivity index (χ4n) is 6.74. The van der Waals surface area contributed by atoms with Gasteiger partial charge in [0.05, 0.1) is 29.4 Å². The molecular weight excluding hydrogens is 607 g/mol. The number of rotatable bonds is 6. The zero-order valence-corrected chi connectivity index (χ0v) is 27.1. The number of carbonyl (C=O) groups is 2. The summed E-state index contributed by atoms with van der Waals surface area (Å²) < 4.78 is 56.9. The number of carboxylic acid groups (broad SMARTS) is 1. The molecule has 1 N–H and O–H groups in total. The van der Waals surface area contributed by atoms with Crippen LogP contribution in [0.2, 0.25) is 0 Å². The van der Waals surface area contributed by atoms with E-state index in [0.717, 1.165) is 75.4 Å². The highest BCUT2D eigenvalue weighted by molar-refractivity contribution is 7.15. The van der Waals surface area contributed by atoms with Gasteiger partial charge in [0.15, 0.2) is 0 Å². The summed E-state index contributed by atoms with van der Waals surface area (Å²) in [6.07, 6.45) is 4.03. The third kappa shape index (κ3) is 8.62. The Kier molecular flexibility index (Phi) is 11.2. The van der Waals surface area contributed by atoms with Gasteiger partial charge in [-0.1, -0.05) is 25.7 Å². The maximum Gasteiger partial charge on any atom is 0.405 e. The maximum absolute atomic E-state index is 14.0. The molecule has 11 heteroatoms. The third-order valence-corrected chi connectivity index (χ3v) is 11.0. The van der Waals surface area contributed by atoms with E-state index in [9.17, 15) is 27.9 Å². The van der Waals surface area contributed by atoms with Crippen LogP contribution < -0.4 is 4.90 Å². The number of nitrogens with zero attached hydrogens (tertiary/aromatic N) is 1. The number of ether oxygens (including phenoxy) is 3. The standard InChI is InChI=1S/C29H36F3NO5S.C5H10O/c1-18-2-4-19(5-3-18)26(34)33(20-6-8-21(9-7-20)38-22-11-15-37-17-22)24-16-23(39-25(24)27(35)36)10-12-28(13-14-28)29(30,31)32;1-5-2-3-6-4-5/h16,18-22H,2-9,11,13-15,17H2,1H3,(H,35,36);5H,2-4H2,1H3/t;5-/m.0/s1. The van der Waals surface area contributed by atoms with Gasteiger partial charge in [-0.15, -0.1) is 11.3 Å². The number of thiophene rings is 1. The molecular formula is C34H46F3NO6S. The second kappa shape index (κ2) is 14.7. The summed E-state index contributed by atoms with van der Waals surface area (Å²) in [4.78, 5) is 28.2. The van der Waals surface area contributed by atoms with Crippen molar-refractivity contribution in [1.82, 2.24) is 0 Å². The zero-order valence-electron chi connectivity index (χ0n) is 26.3. The van der Waals surface area contributed by atoms with Crippen LogP contribution in [-0.4, -0.2) is 67.8 Å². The highest BCUT2D eigenvalue weighted by atomic mass is 32.1. The van der Waals surface area contributed by atoms with Gasteiger partial charge in [-0.2, -0.15) is 13.2 Å². The molecule has 1 amide bonds. The molecule has 0 radical (unpaired) electrons. The molecule has 3 heterocycles. The van der Waals surface area contributed by atoms with Crippen LogP contribution in [0.15, 0.2) is 6.07 Å². The molecule has 250 valence electrons. The Morgan fingerprint density at radius 2 is 1.60 bits per heavy atom. The van der Waals surface area contributed by atoms with Gasteiger partial charge in [0.2, 0.25) is 5.91 Å². The van der Waals surface area contributed by atoms with Crippen LogP contribution in [0.25, 0.3) is 0 Å². The van der Waals surface area contributed by atoms with E-state index in [1.807, 2.05) is 0 Å². The minimum absolute atomic E-state index is 0.0451. The fourth-order valence-corrected chi connectivity index (χ4v) is 7.59. The molecule has 7 nitrogen and oxygen atoms in total. The van der Waals surface area contributed by atoms with Crippen molar-refractivity contribution in [1.29, 1.82) is 0 Å². The molecule has 2 saturated heterocycles. The van der Waals surface area contributed by atoms with Gasteiger partial charge < -0.3 is 24.2 Å². The summed E-state index contributed by atoms with van der Waals surface area (Å²) >= 11 is 0.852. The maximum atomic E-state index is 14.0. The molecule has 3 aliphatic carbocycles. The van der Waals surface area contributed by atoms with Crippen molar-refractivity contribution in [2.45, 2.75) is 115 Å². The Hall–Kier alpha value is -2.13. The molecule has 5 fully saturated rings. The number of carboxylic acids is 1. The first-order valence-electron chi connectivity index (χ1n) is 16.6. The lowest BCUT2D eigenvalue weighted by Crippen LogP contribution is -2.47. The Morgan fingerprint density at radius 1 is 0.933 bits per heavy atom.